The second kappa shape index (κ2) is 10.1. The molecule has 0 heterocycles. The van der Waals surface area contributed by atoms with Crippen LogP contribution in [0.2, 0.25) is 0 Å². The van der Waals surface area contributed by atoms with Gasteiger partial charge in [0.25, 0.3) is 0 Å². The molecule has 0 amide bonds. The van der Waals surface area contributed by atoms with Gasteiger partial charge in [-0.1, -0.05) is 35.4 Å². The number of carbonyl (C=O) groups is 3. The Morgan fingerprint density at radius 3 is 1.90 bits per heavy atom. The van der Waals surface area contributed by atoms with Crippen LogP contribution < -0.4 is 14.6 Å². The topological polar surface area (TPSA) is 92.7 Å². The average Bonchev–Trinajstić information content (AvgIpc) is 2.93. The van der Waals surface area contributed by atoms with Crippen molar-refractivity contribution >= 4 is 28.6 Å². The summed E-state index contributed by atoms with van der Waals surface area (Å²) in [6.45, 7) is 4.01. The molecule has 0 aromatic heterocycles. The van der Waals surface area contributed by atoms with Gasteiger partial charge >= 0.3 is 5.97 Å². The van der Waals surface area contributed by atoms with Gasteiger partial charge in [-0.15, -0.1) is 0 Å². The number of hydrogen-bond donors (Lipinski definition) is 0. The molecule has 0 radical (unpaired) electrons. The Hall–Kier alpha value is -3.58. The molecule has 4 fully saturated rings. The molecule has 4 bridgehead atoms. The summed E-state index contributed by atoms with van der Waals surface area (Å²) in [4.78, 5) is 41.3. The first-order valence-corrected chi connectivity index (χ1v) is 15.0. The molecule has 40 heavy (non-hydrogen) atoms. The van der Waals surface area contributed by atoms with Crippen LogP contribution in [0.1, 0.15) is 53.6 Å². The predicted molar refractivity (Wildman–Crippen MR) is 148 cm³/mol. The Kier molecular flexibility index (Phi) is 6.73. The van der Waals surface area contributed by atoms with Crippen LogP contribution in [0.4, 0.5) is 0 Å². The maximum Gasteiger partial charge on any atom is 0.317 e. The van der Waals surface area contributed by atoms with Gasteiger partial charge in [0.15, 0.2) is 26.2 Å². The van der Waals surface area contributed by atoms with Crippen LogP contribution in [0.15, 0.2) is 75.4 Å². The number of ether oxygens (including phenoxy) is 2. The highest BCUT2D eigenvalue weighted by molar-refractivity contribution is 7.97. The second-order valence-corrected chi connectivity index (χ2v) is 13.6. The van der Waals surface area contributed by atoms with E-state index in [-0.39, 0.29) is 34.9 Å². The molecule has 7 heteroatoms. The maximum absolute atomic E-state index is 13.8. The zero-order valence-corrected chi connectivity index (χ0v) is 23.7. The molecule has 2 unspecified atom stereocenters. The number of esters is 1. The lowest BCUT2D eigenvalue weighted by Gasteiger charge is -2.53. The molecule has 6 nitrogen and oxygen atoms in total. The molecule has 206 valence electrons. The van der Waals surface area contributed by atoms with Gasteiger partial charge in [-0.05, 0) is 82.2 Å². The van der Waals surface area contributed by atoms with Crippen molar-refractivity contribution in [1.29, 1.82) is 0 Å². The number of carboxylic acid groups (broad SMARTS) is 1. The number of carbonyl (C=O) groups excluding carboxylic acids is 3. The third kappa shape index (κ3) is 4.60. The van der Waals surface area contributed by atoms with E-state index < -0.39 is 22.3 Å². The van der Waals surface area contributed by atoms with E-state index in [1.54, 1.807) is 6.07 Å². The number of Topliss-reactive ketones (excluding diaryl/α,β-unsaturated/α-hetero) is 1. The molecule has 0 saturated heterocycles. The smallest absolute Gasteiger partial charge is 0.317 e. The Labute approximate surface area is 237 Å². The summed E-state index contributed by atoms with van der Waals surface area (Å²) in [5.41, 5.74) is 1.49. The van der Waals surface area contributed by atoms with Gasteiger partial charge in [0.05, 0.1) is 24.1 Å². The van der Waals surface area contributed by atoms with E-state index in [0.29, 0.717) is 29.4 Å². The number of ketones is 1. The highest BCUT2D eigenvalue weighted by Gasteiger charge is 2.59. The molecular weight excluding hydrogens is 524 g/mol. The van der Waals surface area contributed by atoms with Gasteiger partial charge in [-0.25, -0.2) is 0 Å². The van der Waals surface area contributed by atoms with Crippen molar-refractivity contribution in [2.75, 3.05) is 7.11 Å². The number of aromatic carboxylic acids is 1. The van der Waals surface area contributed by atoms with E-state index >= 15 is 0 Å². The van der Waals surface area contributed by atoms with Crippen molar-refractivity contribution in [3.8, 4) is 11.5 Å². The van der Waals surface area contributed by atoms with Crippen LogP contribution in [0.3, 0.4) is 0 Å². The van der Waals surface area contributed by atoms with Crippen LogP contribution in [0, 0.1) is 37.0 Å². The van der Waals surface area contributed by atoms with E-state index in [4.69, 9.17) is 9.47 Å². The lowest BCUT2D eigenvalue weighted by molar-refractivity contribution is -0.255. The van der Waals surface area contributed by atoms with E-state index in [1.807, 2.05) is 62.4 Å². The fourth-order valence-electron chi connectivity index (χ4n) is 7.05. The lowest BCUT2D eigenvalue weighted by Crippen LogP contribution is -2.55. The number of methoxy groups -OCH3 is 1. The molecule has 0 N–H and O–H groups in total. The van der Waals surface area contributed by atoms with Crippen LogP contribution in [-0.2, 0) is 20.5 Å². The van der Waals surface area contributed by atoms with Crippen LogP contribution in [0.25, 0.3) is 0 Å². The number of rotatable bonds is 7. The van der Waals surface area contributed by atoms with Gasteiger partial charge in [-0.3, -0.25) is 9.59 Å². The maximum atomic E-state index is 13.8. The number of carboxylic acids is 1. The second-order valence-electron chi connectivity index (χ2n) is 11.6. The minimum absolute atomic E-state index is 0.0125. The standard InChI is InChI=1S/C33H32O6S/c1-19-4-8-24(9-5-19)40(25-10-6-20(2)7-11-25)29-15-28(27(38-3)14-26(29)31(35)36)39-32(37)33-16-21-12-22(17-33)30(34)23(13-21)18-33/h4-11,14-15,21-23H,12-13,16-18H2,1-3H3. The summed E-state index contributed by atoms with van der Waals surface area (Å²) in [6.07, 6.45) is 3.53. The van der Waals surface area contributed by atoms with Gasteiger partial charge in [0, 0.05) is 17.9 Å². The fraction of sp³-hybridized carbons (Fsp3) is 0.364. The molecule has 4 aliphatic rings. The summed E-state index contributed by atoms with van der Waals surface area (Å²) < 4.78 is 11.6. The highest BCUT2D eigenvalue weighted by atomic mass is 32.2. The molecule has 2 atom stereocenters. The van der Waals surface area contributed by atoms with Crippen molar-refractivity contribution in [3.63, 3.8) is 0 Å². The largest absolute Gasteiger partial charge is 0.545 e. The van der Waals surface area contributed by atoms with Gasteiger partial charge < -0.3 is 19.4 Å². The molecule has 0 aliphatic heterocycles. The van der Waals surface area contributed by atoms with Crippen molar-refractivity contribution in [3.05, 3.63) is 77.4 Å². The quantitative estimate of drug-likeness (QED) is 0.229. The predicted octanol–water partition coefficient (Wildman–Crippen LogP) is 5.07. The fourth-order valence-corrected chi connectivity index (χ4v) is 9.24. The number of hydrogen-bond acceptors (Lipinski definition) is 6. The molecule has 3 aromatic rings. The summed E-state index contributed by atoms with van der Waals surface area (Å²) in [7, 11) is 0.599. The first kappa shape index (κ1) is 26.6. The lowest BCUT2D eigenvalue weighted by atomic mass is 9.49. The minimum Gasteiger partial charge on any atom is -0.545 e. The third-order valence-electron chi connectivity index (χ3n) is 8.85. The van der Waals surface area contributed by atoms with Crippen LogP contribution in [0.5, 0.6) is 11.5 Å². The third-order valence-corrected chi connectivity index (χ3v) is 11.1. The normalized spacial score (nSPS) is 24.8. The summed E-state index contributed by atoms with van der Waals surface area (Å²) in [6, 6.07) is 19.0. The first-order chi connectivity index (χ1) is 19.2. The molecular formula is C33H32O6S. The Morgan fingerprint density at radius 2 is 1.40 bits per heavy atom. The summed E-state index contributed by atoms with van der Waals surface area (Å²) in [5.74, 6) is -0.790. The van der Waals surface area contributed by atoms with Crippen molar-refractivity contribution < 1.29 is 29.0 Å². The Balaban J connectivity index is 1.44. The van der Waals surface area contributed by atoms with Crippen molar-refractivity contribution in [2.24, 2.45) is 23.2 Å². The van der Waals surface area contributed by atoms with E-state index in [1.165, 1.54) is 13.2 Å². The Bertz CT molecular complexity index is 1430. The van der Waals surface area contributed by atoms with E-state index in [0.717, 1.165) is 40.2 Å². The summed E-state index contributed by atoms with van der Waals surface area (Å²) in [5, 5.41) is 12.5. The molecule has 7 rings (SSSR count). The average molecular weight is 557 g/mol. The summed E-state index contributed by atoms with van der Waals surface area (Å²) >= 11 is 0. The first-order valence-electron chi connectivity index (χ1n) is 13.7. The van der Waals surface area contributed by atoms with Crippen molar-refractivity contribution in [1.82, 2.24) is 0 Å². The molecule has 4 saturated carbocycles. The highest BCUT2D eigenvalue weighted by Crippen LogP contribution is 2.59. The SMILES string of the molecule is COc1cc(C(=O)[O-])c([S+](c2ccc(C)cc2)c2ccc(C)cc2)cc1OC(=O)C12CC3CC(C1)C(=O)C(C3)C2. The molecule has 4 aliphatic carbocycles. The van der Waals surface area contributed by atoms with Crippen LogP contribution in [-0.4, -0.2) is 24.8 Å². The van der Waals surface area contributed by atoms with Gasteiger partial charge in [0.2, 0.25) is 0 Å². The van der Waals surface area contributed by atoms with Crippen molar-refractivity contribution in [2.45, 2.75) is 60.6 Å². The Morgan fingerprint density at radius 1 is 0.850 bits per heavy atom. The zero-order chi connectivity index (χ0) is 28.2. The molecule has 0 spiro atoms. The number of benzene rings is 3. The van der Waals surface area contributed by atoms with Gasteiger partial charge in [0.1, 0.15) is 16.7 Å². The number of aryl methyl sites for hydroxylation is 2. The zero-order valence-electron chi connectivity index (χ0n) is 22.9. The van der Waals surface area contributed by atoms with E-state index in [9.17, 15) is 19.5 Å². The minimum atomic E-state index is -1.33. The van der Waals surface area contributed by atoms with Crippen LogP contribution >= 0.6 is 0 Å². The monoisotopic (exact) mass is 556 g/mol. The molecule has 3 aromatic carbocycles. The van der Waals surface area contributed by atoms with Gasteiger partial charge in [-0.2, -0.15) is 0 Å². The van der Waals surface area contributed by atoms with E-state index in [2.05, 4.69) is 0 Å².